The third-order valence-electron chi connectivity index (χ3n) is 2.12. The van der Waals surface area contributed by atoms with E-state index >= 15 is 0 Å². The average Bonchev–Trinajstić information content (AvgIpc) is 2.19. The third-order valence-corrected chi connectivity index (χ3v) is 2.86. The Hall–Kier alpha value is -1.08. The first kappa shape index (κ1) is 16.0. The van der Waals surface area contributed by atoms with Crippen LogP contribution in [0.25, 0.3) is 0 Å². The van der Waals surface area contributed by atoms with E-state index in [2.05, 4.69) is 15.6 Å². The van der Waals surface area contributed by atoms with E-state index < -0.39 is 5.66 Å². The fourth-order valence-corrected chi connectivity index (χ4v) is 2.21. The third kappa shape index (κ3) is 4.21. The van der Waals surface area contributed by atoms with Crippen molar-refractivity contribution in [2.45, 2.75) is 19.5 Å². The molecular weight excluding hydrogens is 307 g/mol. The fourth-order valence-electron chi connectivity index (χ4n) is 1.43. The Labute approximate surface area is 126 Å². The number of benzene rings is 1. The molecule has 1 aromatic rings. The van der Waals surface area contributed by atoms with Crippen molar-refractivity contribution in [2.24, 2.45) is 4.99 Å². The normalized spacial score (nSPS) is 16.6. The van der Waals surface area contributed by atoms with Gasteiger partial charge in [-0.2, -0.15) is 0 Å². The lowest BCUT2D eigenvalue weighted by Gasteiger charge is -2.29. The highest BCUT2D eigenvalue weighted by Crippen LogP contribution is 2.27. The Morgan fingerprint density at radius 2 is 2.00 bits per heavy atom. The summed E-state index contributed by atoms with van der Waals surface area (Å²) in [4.78, 5) is 4.32. The van der Waals surface area contributed by atoms with Gasteiger partial charge in [-0.1, -0.05) is 23.2 Å². The number of rotatable bonds is 1. The van der Waals surface area contributed by atoms with Crippen LogP contribution >= 0.6 is 35.4 Å². The van der Waals surface area contributed by atoms with Gasteiger partial charge in [0.15, 0.2) is 5.11 Å². The van der Waals surface area contributed by atoms with Crippen molar-refractivity contribution in [3.63, 3.8) is 0 Å². The molecule has 0 saturated carbocycles. The molecule has 2 rings (SSSR count). The Balaban J connectivity index is 0.00000180. The Morgan fingerprint density at radius 3 is 2.58 bits per heavy atom. The lowest BCUT2D eigenvalue weighted by Crippen LogP contribution is -2.55. The zero-order chi connectivity index (χ0) is 13.3. The van der Waals surface area contributed by atoms with Gasteiger partial charge in [0.25, 0.3) is 6.02 Å². The molecular formula is C11H14Cl2N4OS. The van der Waals surface area contributed by atoms with E-state index in [-0.39, 0.29) is 6.15 Å². The van der Waals surface area contributed by atoms with E-state index in [4.69, 9.17) is 40.2 Å². The van der Waals surface area contributed by atoms with Crippen LogP contribution in [0.2, 0.25) is 10.0 Å². The molecule has 5 nitrogen and oxygen atoms in total. The first-order valence-corrected chi connectivity index (χ1v) is 6.34. The van der Waals surface area contributed by atoms with Crippen LogP contribution in [0.1, 0.15) is 13.8 Å². The molecule has 8 heteroatoms. The van der Waals surface area contributed by atoms with E-state index in [0.717, 1.165) is 0 Å². The van der Waals surface area contributed by atoms with Gasteiger partial charge in [-0.15, -0.1) is 0 Å². The van der Waals surface area contributed by atoms with Crippen molar-refractivity contribution in [2.75, 3.05) is 0 Å². The number of hydrogen-bond donors (Lipinski definition) is 3. The van der Waals surface area contributed by atoms with E-state index in [1.54, 1.807) is 18.2 Å². The standard InChI is InChI=1S/C11H11Cl2N3OS.H3N/c1-11(2)15-9(14-10(18)16-11)17-8-4-3-6(12)5-7(8)13;/h3-5H,1-2H3,(H2,14,15,16,18);1H3. The van der Waals surface area contributed by atoms with E-state index in [1.807, 2.05) is 13.8 Å². The lowest BCUT2D eigenvalue weighted by atomic mass is 10.2. The van der Waals surface area contributed by atoms with Crippen molar-refractivity contribution in [3.05, 3.63) is 28.2 Å². The number of ether oxygens (including phenoxy) is 1. The van der Waals surface area contributed by atoms with Crippen molar-refractivity contribution < 1.29 is 4.74 Å². The maximum Gasteiger partial charge on any atom is 0.298 e. The molecule has 1 aliphatic heterocycles. The Morgan fingerprint density at radius 1 is 1.32 bits per heavy atom. The molecule has 0 aliphatic carbocycles. The van der Waals surface area contributed by atoms with Gasteiger partial charge < -0.3 is 16.2 Å². The van der Waals surface area contributed by atoms with Crippen LogP contribution in [-0.2, 0) is 0 Å². The van der Waals surface area contributed by atoms with Crippen LogP contribution < -0.4 is 21.5 Å². The van der Waals surface area contributed by atoms with Crippen molar-refractivity contribution in [1.29, 1.82) is 0 Å². The molecule has 5 N–H and O–H groups in total. The second-order valence-corrected chi connectivity index (χ2v) is 5.48. The highest BCUT2D eigenvalue weighted by Gasteiger charge is 2.25. The summed E-state index contributed by atoms with van der Waals surface area (Å²) in [6.07, 6.45) is 0. The van der Waals surface area contributed by atoms with Crippen LogP contribution in [-0.4, -0.2) is 16.8 Å². The van der Waals surface area contributed by atoms with E-state index in [9.17, 15) is 0 Å². The highest BCUT2D eigenvalue weighted by molar-refractivity contribution is 7.80. The molecule has 0 unspecified atom stereocenters. The summed E-state index contributed by atoms with van der Waals surface area (Å²) in [5, 5.41) is 7.22. The van der Waals surface area contributed by atoms with Gasteiger partial charge in [0.1, 0.15) is 11.4 Å². The largest absolute Gasteiger partial charge is 0.424 e. The van der Waals surface area contributed by atoms with Gasteiger partial charge in [-0.25, -0.2) is 4.99 Å². The van der Waals surface area contributed by atoms with Crippen molar-refractivity contribution in [1.82, 2.24) is 16.8 Å². The molecule has 104 valence electrons. The Kier molecular flexibility index (Phi) is 4.98. The molecule has 1 aliphatic rings. The molecule has 0 aromatic heterocycles. The summed E-state index contributed by atoms with van der Waals surface area (Å²) in [5.74, 6) is 0.466. The van der Waals surface area contributed by atoms with Gasteiger partial charge in [-0.05, 0) is 44.3 Å². The van der Waals surface area contributed by atoms with Gasteiger partial charge in [-0.3, -0.25) is 5.32 Å². The second-order valence-electron chi connectivity index (χ2n) is 4.23. The molecule has 0 spiro atoms. The number of nitrogens with zero attached hydrogens (tertiary/aromatic N) is 1. The molecule has 0 fully saturated rings. The predicted molar refractivity (Wildman–Crippen MR) is 82.5 cm³/mol. The van der Waals surface area contributed by atoms with Gasteiger partial charge in [0.05, 0.1) is 5.02 Å². The summed E-state index contributed by atoms with van der Waals surface area (Å²) >= 11 is 16.9. The quantitative estimate of drug-likeness (QED) is 0.693. The van der Waals surface area contributed by atoms with E-state index in [0.29, 0.717) is 26.9 Å². The number of halogens is 2. The maximum atomic E-state index is 6.02. The minimum atomic E-state index is -0.517. The molecule has 0 radical (unpaired) electrons. The summed E-state index contributed by atoms with van der Waals surface area (Å²) < 4.78 is 5.57. The topological polar surface area (TPSA) is 80.7 Å². The monoisotopic (exact) mass is 320 g/mol. The van der Waals surface area contributed by atoms with Gasteiger partial charge in [0.2, 0.25) is 0 Å². The number of aliphatic imine (C=N–C) groups is 1. The van der Waals surface area contributed by atoms with Gasteiger partial charge >= 0.3 is 0 Å². The molecule has 1 aromatic carbocycles. The summed E-state index contributed by atoms with van der Waals surface area (Å²) in [6, 6.07) is 5.26. The Bertz CT molecular complexity index is 533. The van der Waals surface area contributed by atoms with Crippen molar-refractivity contribution in [3.8, 4) is 5.75 Å². The minimum absolute atomic E-state index is 0. The van der Waals surface area contributed by atoms with Crippen LogP contribution in [0.3, 0.4) is 0 Å². The number of hydrogen-bond acceptors (Lipinski definition) is 4. The number of thiocarbonyl (C=S) groups is 1. The smallest absolute Gasteiger partial charge is 0.298 e. The van der Waals surface area contributed by atoms with Crippen LogP contribution in [0, 0.1) is 0 Å². The van der Waals surface area contributed by atoms with Crippen LogP contribution in [0.4, 0.5) is 0 Å². The predicted octanol–water partition coefficient (Wildman–Crippen LogP) is 3.10. The number of amidine groups is 1. The molecule has 0 atom stereocenters. The van der Waals surface area contributed by atoms with Crippen LogP contribution in [0.5, 0.6) is 5.75 Å². The molecule has 1 heterocycles. The SMILES string of the molecule is CC1(C)N=C(Oc2ccc(Cl)cc2Cl)NC(=S)N1.N. The van der Waals surface area contributed by atoms with Crippen molar-refractivity contribution >= 4 is 46.6 Å². The molecule has 0 bridgehead atoms. The first-order chi connectivity index (χ1) is 8.35. The van der Waals surface area contributed by atoms with Gasteiger partial charge in [0, 0.05) is 5.02 Å². The maximum absolute atomic E-state index is 6.02. The second kappa shape index (κ2) is 5.92. The summed E-state index contributed by atoms with van der Waals surface area (Å²) in [5.41, 5.74) is -0.517. The van der Waals surface area contributed by atoms with Crippen LogP contribution in [0.15, 0.2) is 23.2 Å². The zero-order valence-electron chi connectivity index (χ0n) is 10.5. The summed E-state index contributed by atoms with van der Waals surface area (Å²) in [6.45, 7) is 3.76. The number of nitrogens with one attached hydrogen (secondary N) is 2. The minimum Gasteiger partial charge on any atom is -0.424 e. The van der Waals surface area contributed by atoms with E-state index in [1.165, 1.54) is 0 Å². The lowest BCUT2D eigenvalue weighted by molar-refractivity contribution is 0.431. The first-order valence-electron chi connectivity index (χ1n) is 5.18. The summed E-state index contributed by atoms with van der Waals surface area (Å²) in [7, 11) is 0. The fraction of sp³-hybridized carbons (Fsp3) is 0.273. The molecule has 19 heavy (non-hydrogen) atoms. The molecule has 0 amide bonds. The average molecular weight is 321 g/mol. The highest BCUT2D eigenvalue weighted by atomic mass is 35.5. The zero-order valence-corrected chi connectivity index (χ0v) is 12.8. The molecule has 0 saturated heterocycles.